The second kappa shape index (κ2) is 9.33. The van der Waals surface area contributed by atoms with Crippen molar-refractivity contribution < 1.29 is 23.8 Å². The highest BCUT2D eigenvalue weighted by atomic mass is 16.5. The molecular weight excluding hydrogens is 444 g/mol. The third kappa shape index (κ3) is 4.54. The van der Waals surface area contributed by atoms with Crippen LogP contribution in [-0.2, 0) is 5.41 Å². The first-order valence-corrected chi connectivity index (χ1v) is 11.3. The van der Waals surface area contributed by atoms with Crippen molar-refractivity contribution in [2.45, 2.75) is 33.1 Å². The van der Waals surface area contributed by atoms with Crippen LogP contribution in [-0.4, -0.2) is 36.6 Å². The molecule has 0 saturated heterocycles. The number of benzene rings is 3. The maximum absolute atomic E-state index is 11.4. The molecule has 0 unspecified atom stereocenters. The van der Waals surface area contributed by atoms with Crippen molar-refractivity contribution in [3.05, 3.63) is 59.7 Å². The second-order valence-electron chi connectivity index (χ2n) is 9.31. The summed E-state index contributed by atoms with van der Waals surface area (Å²) < 4.78 is 22.1. The zero-order valence-electron chi connectivity index (χ0n) is 21.1. The maximum Gasteiger partial charge on any atom is 0.265 e. The highest BCUT2D eigenvalue weighted by Crippen LogP contribution is 2.44. The second-order valence-corrected chi connectivity index (χ2v) is 9.31. The molecule has 0 amide bonds. The minimum absolute atomic E-state index is 0.0910. The normalized spacial score (nSPS) is 11.4. The largest absolute Gasteiger partial charge is 0.507 e. The lowest BCUT2D eigenvalue weighted by molar-refractivity contribution is 0.371. The fourth-order valence-corrected chi connectivity index (χ4v) is 3.97. The molecule has 0 atom stereocenters. The number of aromatic hydroxyl groups is 1. The molecule has 1 aromatic heterocycles. The van der Waals surface area contributed by atoms with Crippen LogP contribution in [0.5, 0.6) is 23.0 Å². The molecule has 0 bridgehead atoms. The molecule has 0 fully saturated rings. The Labute approximate surface area is 205 Å². The average molecular weight is 475 g/mol. The third-order valence-electron chi connectivity index (χ3n) is 6.01. The van der Waals surface area contributed by atoms with Gasteiger partial charge >= 0.3 is 0 Å². The lowest BCUT2D eigenvalue weighted by Gasteiger charge is -2.22. The molecule has 0 saturated carbocycles. The fraction of sp³-hybridized carbons (Fsp3) is 0.286. The number of rotatable bonds is 6. The van der Waals surface area contributed by atoms with Gasteiger partial charge in [-0.25, -0.2) is 0 Å². The summed E-state index contributed by atoms with van der Waals surface area (Å²) in [5.74, 6) is 2.05. The van der Waals surface area contributed by atoms with E-state index in [9.17, 15) is 5.11 Å². The molecule has 1 N–H and O–H groups in total. The topological polar surface area (TPSA) is 86.8 Å². The van der Waals surface area contributed by atoms with Gasteiger partial charge in [-0.3, -0.25) is 0 Å². The summed E-state index contributed by atoms with van der Waals surface area (Å²) in [6.07, 6.45) is 0. The fourth-order valence-electron chi connectivity index (χ4n) is 3.97. The van der Waals surface area contributed by atoms with E-state index in [2.05, 4.69) is 30.9 Å². The molecule has 4 rings (SSSR count). The van der Waals surface area contributed by atoms with Crippen LogP contribution in [0.2, 0.25) is 0 Å². The van der Waals surface area contributed by atoms with Crippen LogP contribution in [0.25, 0.3) is 34.0 Å². The summed E-state index contributed by atoms with van der Waals surface area (Å²) in [4.78, 5) is 4.63. The van der Waals surface area contributed by atoms with Gasteiger partial charge < -0.3 is 23.8 Å². The molecule has 35 heavy (non-hydrogen) atoms. The number of phenols is 1. The molecule has 7 nitrogen and oxygen atoms in total. The maximum atomic E-state index is 11.4. The van der Waals surface area contributed by atoms with E-state index >= 15 is 0 Å². The van der Waals surface area contributed by atoms with Crippen molar-refractivity contribution in [3.8, 4) is 57.0 Å². The van der Waals surface area contributed by atoms with Gasteiger partial charge in [-0.1, -0.05) is 50.2 Å². The van der Waals surface area contributed by atoms with Crippen LogP contribution in [0.15, 0.2) is 53.1 Å². The number of methoxy groups -OCH3 is 3. The van der Waals surface area contributed by atoms with Gasteiger partial charge in [0.2, 0.25) is 5.82 Å². The molecule has 0 aliphatic rings. The summed E-state index contributed by atoms with van der Waals surface area (Å²) in [6.45, 7) is 8.39. The van der Waals surface area contributed by atoms with Gasteiger partial charge in [-0.15, -0.1) is 0 Å². The average Bonchev–Trinajstić information content (AvgIpc) is 3.32. The Kier molecular flexibility index (Phi) is 6.43. The van der Waals surface area contributed by atoms with E-state index in [1.807, 2.05) is 43.3 Å². The Morgan fingerprint density at radius 1 is 0.829 bits per heavy atom. The Bertz CT molecular complexity index is 1340. The van der Waals surface area contributed by atoms with E-state index in [-0.39, 0.29) is 22.9 Å². The van der Waals surface area contributed by atoms with Crippen LogP contribution in [0.4, 0.5) is 0 Å². The van der Waals surface area contributed by atoms with E-state index in [4.69, 9.17) is 18.7 Å². The van der Waals surface area contributed by atoms with Crippen molar-refractivity contribution in [1.29, 1.82) is 0 Å². The van der Waals surface area contributed by atoms with E-state index in [0.29, 0.717) is 28.4 Å². The molecule has 0 aliphatic carbocycles. The van der Waals surface area contributed by atoms with Crippen molar-refractivity contribution in [3.63, 3.8) is 0 Å². The summed E-state index contributed by atoms with van der Waals surface area (Å²) in [6, 6.07) is 15.3. The quantitative estimate of drug-likeness (QED) is 0.346. The number of hydrogen-bond donors (Lipinski definition) is 1. The van der Waals surface area contributed by atoms with E-state index in [1.165, 1.54) is 0 Å². The predicted molar refractivity (Wildman–Crippen MR) is 135 cm³/mol. The molecule has 0 radical (unpaired) electrons. The van der Waals surface area contributed by atoms with Crippen molar-refractivity contribution in [2.24, 2.45) is 0 Å². The van der Waals surface area contributed by atoms with Crippen LogP contribution in [0.1, 0.15) is 31.9 Å². The molecule has 4 aromatic rings. The number of phenolic OH excluding ortho intramolecular Hbond substituents is 1. The van der Waals surface area contributed by atoms with Gasteiger partial charge in [-0.2, -0.15) is 4.98 Å². The minimum atomic E-state index is -0.172. The minimum Gasteiger partial charge on any atom is -0.507 e. The molecule has 0 aliphatic heterocycles. The molecule has 3 aromatic carbocycles. The van der Waals surface area contributed by atoms with Crippen molar-refractivity contribution >= 4 is 0 Å². The highest BCUT2D eigenvalue weighted by molar-refractivity contribution is 5.83. The number of hydrogen-bond acceptors (Lipinski definition) is 7. The third-order valence-corrected chi connectivity index (χ3v) is 6.01. The van der Waals surface area contributed by atoms with Crippen molar-refractivity contribution in [1.82, 2.24) is 10.1 Å². The molecule has 7 heteroatoms. The molecule has 0 spiro atoms. The predicted octanol–water partition coefficient (Wildman–Crippen LogP) is 6.41. The summed E-state index contributed by atoms with van der Waals surface area (Å²) in [5.41, 5.74) is 4.57. The van der Waals surface area contributed by atoms with Crippen LogP contribution < -0.4 is 14.2 Å². The molecule has 182 valence electrons. The summed E-state index contributed by atoms with van der Waals surface area (Å²) >= 11 is 0. The lowest BCUT2D eigenvalue weighted by atomic mass is 9.83. The number of ether oxygens (including phenoxy) is 3. The van der Waals surface area contributed by atoms with Gasteiger partial charge in [0.15, 0.2) is 0 Å². The summed E-state index contributed by atoms with van der Waals surface area (Å²) in [7, 11) is 4.65. The van der Waals surface area contributed by atoms with Gasteiger partial charge in [0.05, 0.1) is 26.9 Å². The Morgan fingerprint density at radius 2 is 1.46 bits per heavy atom. The van der Waals surface area contributed by atoms with Gasteiger partial charge in [-0.05, 0) is 41.2 Å². The van der Waals surface area contributed by atoms with Crippen LogP contribution in [0, 0.1) is 6.92 Å². The van der Waals surface area contributed by atoms with E-state index in [1.54, 1.807) is 33.5 Å². The Morgan fingerprint density at radius 3 is 2.03 bits per heavy atom. The first-order valence-electron chi connectivity index (χ1n) is 11.3. The number of aromatic nitrogens is 2. The monoisotopic (exact) mass is 474 g/mol. The van der Waals surface area contributed by atoms with Crippen LogP contribution >= 0.6 is 0 Å². The number of nitrogens with zero attached hydrogens (tertiary/aromatic N) is 2. The lowest BCUT2D eigenvalue weighted by Crippen LogP contribution is -2.11. The Hall–Kier alpha value is -4.00. The van der Waals surface area contributed by atoms with E-state index in [0.717, 1.165) is 22.3 Å². The molecule has 1 heterocycles. The zero-order valence-corrected chi connectivity index (χ0v) is 21.1. The SMILES string of the molecule is COc1cc(OC)c(-c2nc(-c3cc(C(C)(C)C)cc(-c4ccccc4C)c3O)no2)c(OC)c1. The highest BCUT2D eigenvalue weighted by Gasteiger charge is 2.26. The van der Waals surface area contributed by atoms with Gasteiger partial charge in [0, 0.05) is 17.7 Å². The first-order chi connectivity index (χ1) is 16.7. The van der Waals surface area contributed by atoms with Gasteiger partial charge in [0.25, 0.3) is 5.89 Å². The smallest absolute Gasteiger partial charge is 0.265 e. The van der Waals surface area contributed by atoms with E-state index < -0.39 is 0 Å². The molecular formula is C28H30N2O5. The Balaban J connectivity index is 1.92. The number of aryl methyl sites for hydroxylation is 1. The van der Waals surface area contributed by atoms with Gasteiger partial charge in [0.1, 0.15) is 28.6 Å². The standard InChI is InChI=1S/C28H30N2O5/c1-16-10-8-9-11-19(16)20-12-17(28(2,3)4)13-21(25(20)31)26-29-27(35-30-26)24-22(33-6)14-18(32-5)15-23(24)34-7/h8-15,31H,1-7H3. The van der Waals surface area contributed by atoms with Crippen molar-refractivity contribution in [2.75, 3.05) is 21.3 Å². The summed E-state index contributed by atoms with van der Waals surface area (Å²) in [5, 5.41) is 15.6. The zero-order chi connectivity index (χ0) is 25.3. The first kappa shape index (κ1) is 24.1. The van der Waals surface area contributed by atoms with Crippen LogP contribution in [0.3, 0.4) is 0 Å².